The molecular formula is C13H11ClF3N3O2. The van der Waals surface area contributed by atoms with Gasteiger partial charge in [0.25, 0.3) is 0 Å². The number of nitrogens with zero attached hydrogens (tertiary/aromatic N) is 3. The van der Waals surface area contributed by atoms with Crippen molar-refractivity contribution in [3.8, 4) is 5.69 Å². The summed E-state index contributed by atoms with van der Waals surface area (Å²) in [7, 11) is 0. The summed E-state index contributed by atoms with van der Waals surface area (Å²) in [6, 6.07) is 1.24. The third kappa shape index (κ3) is 3.06. The molecule has 0 aliphatic carbocycles. The van der Waals surface area contributed by atoms with Crippen molar-refractivity contribution in [3.63, 3.8) is 0 Å². The van der Waals surface area contributed by atoms with E-state index in [1.165, 1.54) is 19.2 Å². The van der Waals surface area contributed by atoms with E-state index in [0.717, 1.165) is 6.20 Å². The van der Waals surface area contributed by atoms with Gasteiger partial charge in [-0.3, -0.25) is 0 Å². The Balaban J connectivity index is 2.67. The van der Waals surface area contributed by atoms with Crippen LogP contribution >= 0.6 is 11.6 Å². The molecule has 118 valence electrons. The van der Waals surface area contributed by atoms with Crippen LogP contribution in [0, 0.1) is 6.92 Å². The summed E-state index contributed by atoms with van der Waals surface area (Å²) < 4.78 is 45.3. The number of aromatic nitrogens is 3. The van der Waals surface area contributed by atoms with Crippen molar-refractivity contribution in [1.29, 1.82) is 0 Å². The number of pyridine rings is 1. The Labute approximate surface area is 128 Å². The van der Waals surface area contributed by atoms with Gasteiger partial charge in [0.2, 0.25) is 0 Å². The van der Waals surface area contributed by atoms with E-state index in [1.807, 2.05) is 0 Å². The highest BCUT2D eigenvalue weighted by atomic mass is 35.5. The lowest BCUT2D eigenvalue weighted by Gasteiger charge is -2.14. The van der Waals surface area contributed by atoms with Crippen molar-refractivity contribution >= 4 is 17.6 Å². The summed E-state index contributed by atoms with van der Waals surface area (Å²) >= 11 is 5.73. The second-order valence-electron chi connectivity index (χ2n) is 4.33. The van der Waals surface area contributed by atoms with Crippen LogP contribution in [0.15, 0.2) is 18.5 Å². The van der Waals surface area contributed by atoms with Gasteiger partial charge in [-0.05, 0) is 19.4 Å². The molecule has 0 bridgehead atoms. The minimum Gasteiger partial charge on any atom is -0.462 e. The highest BCUT2D eigenvalue weighted by Gasteiger charge is 2.41. The van der Waals surface area contributed by atoms with Gasteiger partial charge >= 0.3 is 12.1 Å². The Bertz CT molecular complexity index is 713. The minimum absolute atomic E-state index is 0.0157. The molecule has 0 atom stereocenters. The molecule has 22 heavy (non-hydrogen) atoms. The van der Waals surface area contributed by atoms with Gasteiger partial charge in [0.15, 0.2) is 5.69 Å². The van der Waals surface area contributed by atoms with E-state index in [2.05, 4.69) is 14.8 Å². The standard InChI is InChI=1S/C13H11ClF3N3O2/c1-3-22-12(21)8-6-19-20(11(8)13(15,16)17)9-4-10(14)18-5-7(9)2/h4-6H,3H2,1-2H3. The molecule has 2 aromatic rings. The molecular weight excluding hydrogens is 323 g/mol. The number of esters is 1. The molecule has 0 unspecified atom stereocenters. The summed E-state index contributed by atoms with van der Waals surface area (Å²) in [4.78, 5) is 15.5. The normalized spacial score (nSPS) is 11.5. The lowest BCUT2D eigenvalue weighted by molar-refractivity contribution is -0.143. The summed E-state index contributed by atoms with van der Waals surface area (Å²) in [5.41, 5.74) is -1.35. The summed E-state index contributed by atoms with van der Waals surface area (Å²) in [6.45, 7) is 3.02. The molecule has 0 amide bonds. The van der Waals surface area contributed by atoms with E-state index in [1.54, 1.807) is 6.92 Å². The van der Waals surface area contributed by atoms with E-state index in [-0.39, 0.29) is 17.4 Å². The molecule has 9 heteroatoms. The van der Waals surface area contributed by atoms with Crippen molar-refractivity contribution < 1.29 is 22.7 Å². The smallest absolute Gasteiger partial charge is 0.434 e. The number of rotatable bonds is 3. The van der Waals surface area contributed by atoms with Gasteiger partial charge in [-0.15, -0.1) is 0 Å². The number of hydrogen-bond acceptors (Lipinski definition) is 4. The number of carbonyl (C=O) groups is 1. The topological polar surface area (TPSA) is 57.0 Å². The molecule has 2 rings (SSSR count). The second-order valence-corrected chi connectivity index (χ2v) is 4.72. The van der Waals surface area contributed by atoms with Crippen LogP contribution in [0.5, 0.6) is 0 Å². The molecule has 2 heterocycles. The molecule has 2 aromatic heterocycles. The Kier molecular flexibility index (Phi) is 4.41. The number of ether oxygens (including phenoxy) is 1. The van der Waals surface area contributed by atoms with Gasteiger partial charge in [-0.1, -0.05) is 11.6 Å². The summed E-state index contributed by atoms with van der Waals surface area (Å²) in [5, 5.41) is 3.68. The molecule has 0 fully saturated rings. The summed E-state index contributed by atoms with van der Waals surface area (Å²) in [6.07, 6.45) is -2.64. The number of halogens is 4. The predicted octanol–water partition coefficient (Wildman–Crippen LogP) is 3.42. The number of alkyl halides is 3. The van der Waals surface area contributed by atoms with Crippen LogP contribution in [0.2, 0.25) is 5.15 Å². The minimum atomic E-state index is -4.79. The van der Waals surface area contributed by atoms with Crippen molar-refractivity contribution in [2.75, 3.05) is 6.61 Å². The van der Waals surface area contributed by atoms with Crippen LogP contribution in [0.4, 0.5) is 13.2 Å². The fourth-order valence-corrected chi connectivity index (χ4v) is 2.03. The average Bonchev–Trinajstić information content (AvgIpc) is 2.86. The number of aryl methyl sites for hydroxylation is 1. The van der Waals surface area contributed by atoms with E-state index in [0.29, 0.717) is 10.2 Å². The number of hydrogen-bond donors (Lipinski definition) is 0. The Morgan fingerprint density at radius 1 is 1.41 bits per heavy atom. The van der Waals surface area contributed by atoms with Gasteiger partial charge in [0.05, 0.1) is 18.5 Å². The lowest BCUT2D eigenvalue weighted by Crippen LogP contribution is -2.19. The Morgan fingerprint density at radius 2 is 2.09 bits per heavy atom. The average molecular weight is 334 g/mol. The Morgan fingerprint density at radius 3 is 2.68 bits per heavy atom. The molecule has 0 radical (unpaired) electrons. The molecule has 5 nitrogen and oxygen atoms in total. The SMILES string of the molecule is CCOC(=O)c1cnn(-c2cc(Cl)ncc2C)c1C(F)(F)F. The monoisotopic (exact) mass is 333 g/mol. The maximum Gasteiger partial charge on any atom is 0.434 e. The van der Waals surface area contributed by atoms with Crippen LogP contribution in [0.1, 0.15) is 28.5 Å². The summed E-state index contributed by atoms with van der Waals surface area (Å²) in [5.74, 6) is -1.08. The van der Waals surface area contributed by atoms with Crippen molar-refractivity contribution in [2.24, 2.45) is 0 Å². The van der Waals surface area contributed by atoms with Crippen LogP contribution in [0.3, 0.4) is 0 Å². The first-order chi connectivity index (χ1) is 10.3. The molecule has 0 aromatic carbocycles. The fourth-order valence-electron chi connectivity index (χ4n) is 1.88. The first-order valence-electron chi connectivity index (χ1n) is 6.20. The van der Waals surface area contributed by atoms with Crippen LogP contribution in [-0.2, 0) is 10.9 Å². The van der Waals surface area contributed by atoms with E-state index in [4.69, 9.17) is 11.6 Å². The fraction of sp³-hybridized carbons (Fsp3) is 0.308. The van der Waals surface area contributed by atoms with Crippen LogP contribution in [0.25, 0.3) is 5.69 Å². The van der Waals surface area contributed by atoms with Crippen molar-refractivity contribution in [3.05, 3.63) is 40.4 Å². The van der Waals surface area contributed by atoms with Gasteiger partial charge in [-0.25, -0.2) is 14.5 Å². The van der Waals surface area contributed by atoms with Crippen LogP contribution < -0.4 is 0 Å². The molecule has 0 aliphatic heterocycles. The largest absolute Gasteiger partial charge is 0.462 e. The second kappa shape index (κ2) is 5.96. The van der Waals surface area contributed by atoms with Gasteiger partial charge in [0, 0.05) is 12.3 Å². The maximum atomic E-state index is 13.3. The van der Waals surface area contributed by atoms with Gasteiger partial charge in [-0.2, -0.15) is 18.3 Å². The first kappa shape index (κ1) is 16.3. The van der Waals surface area contributed by atoms with E-state index < -0.39 is 23.4 Å². The first-order valence-corrected chi connectivity index (χ1v) is 6.58. The zero-order valence-electron chi connectivity index (χ0n) is 11.6. The maximum absolute atomic E-state index is 13.3. The van der Waals surface area contributed by atoms with Crippen LogP contribution in [-0.4, -0.2) is 27.3 Å². The molecule has 0 N–H and O–H groups in total. The Hall–Kier alpha value is -2.09. The molecule has 0 spiro atoms. The molecule has 0 saturated carbocycles. The third-order valence-electron chi connectivity index (χ3n) is 2.80. The number of carbonyl (C=O) groups excluding carboxylic acids is 1. The predicted molar refractivity (Wildman–Crippen MR) is 72.1 cm³/mol. The quantitative estimate of drug-likeness (QED) is 0.638. The lowest BCUT2D eigenvalue weighted by atomic mass is 10.2. The van der Waals surface area contributed by atoms with Gasteiger partial charge < -0.3 is 4.74 Å². The third-order valence-corrected chi connectivity index (χ3v) is 3.01. The zero-order chi connectivity index (χ0) is 16.5. The van der Waals surface area contributed by atoms with Crippen molar-refractivity contribution in [1.82, 2.24) is 14.8 Å². The highest BCUT2D eigenvalue weighted by molar-refractivity contribution is 6.29. The van der Waals surface area contributed by atoms with E-state index >= 15 is 0 Å². The molecule has 0 saturated heterocycles. The van der Waals surface area contributed by atoms with Gasteiger partial charge in [0.1, 0.15) is 10.7 Å². The van der Waals surface area contributed by atoms with Crippen molar-refractivity contribution in [2.45, 2.75) is 20.0 Å². The molecule has 0 aliphatic rings. The zero-order valence-corrected chi connectivity index (χ0v) is 12.4. The highest BCUT2D eigenvalue weighted by Crippen LogP contribution is 2.34. The van der Waals surface area contributed by atoms with E-state index in [9.17, 15) is 18.0 Å².